The Balaban J connectivity index is 1.27. The number of carbonyl (C=O) groups excluding carboxylic acids is 1. The van der Waals surface area contributed by atoms with E-state index < -0.39 is 0 Å². The highest BCUT2D eigenvalue weighted by Gasteiger charge is 2.46. The molecule has 1 spiro atoms. The summed E-state index contributed by atoms with van der Waals surface area (Å²) >= 11 is 2.97. The maximum Gasteiger partial charge on any atom is 0.314 e. The first-order valence-corrected chi connectivity index (χ1v) is 14.3. The lowest BCUT2D eigenvalue weighted by molar-refractivity contribution is 0.0143. The second-order valence-electron chi connectivity index (χ2n) is 10.2. The number of primary amides is 1. The van der Waals surface area contributed by atoms with Crippen LogP contribution in [0.4, 0.5) is 20.9 Å². The van der Waals surface area contributed by atoms with Crippen LogP contribution in [0, 0.1) is 23.7 Å². The minimum Gasteiger partial charge on any atom is -0.351 e. The zero-order valence-electron chi connectivity index (χ0n) is 21.6. The number of aromatic nitrogens is 4. The molecule has 0 aliphatic carbocycles. The maximum absolute atomic E-state index is 11.4. The van der Waals surface area contributed by atoms with Crippen LogP contribution in [-0.4, -0.2) is 63.7 Å². The van der Waals surface area contributed by atoms with Gasteiger partial charge in [0.1, 0.15) is 16.6 Å². The molecule has 3 aromatic heterocycles. The first-order valence-electron chi connectivity index (χ1n) is 12.7. The number of urea groups is 1. The number of nitrogens with two attached hydrogens (primary N) is 1. The molecule has 0 unspecified atom stereocenters. The normalized spacial score (nSPS) is 16.6. The molecule has 2 N–H and O–H groups in total. The van der Waals surface area contributed by atoms with Crippen molar-refractivity contribution < 1.29 is 4.79 Å². The number of nitrogens with zero attached hydrogens (tertiary/aromatic N) is 8. The van der Waals surface area contributed by atoms with E-state index in [0.29, 0.717) is 10.6 Å². The van der Waals surface area contributed by atoms with Gasteiger partial charge in [-0.15, -0.1) is 5.10 Å². The zero-order valence-corrected chi connectivity index (χ0v) is 23.3. The second-order valence-corrected chi connectivity index (χ2v) is 12.1. The van der Waals surface area contributed by atoms with Gasteiger partial charge >= 0.3 is 6.03 Å². The van der Waals surface area contributed by atoms with Crippen molar-refractivity contribution in [3.63, 3.8) is 0 Å². The molecular formula is C26H29N9OS2. The zero-order chi connectivity index (χ0) is 26.6. The molecule has 0 saturated carbocycles. The number of benzene rings is 1. The number of piperidine rings is 1. The summed E-state index contributed by atoms with van der Waals surface area (Å²) in [6, 6.07) is 10.1. The number of anilines is 3. The molecule has 2 fully saturated rings. The van der Waals surface area contributed by atoms with E-state index >= 15 is 0 Å². The van der Waals surface area contributed by atoms with Gasteiger partial charge in [-0.1, -0.05) is 59.4 Å². The highest BCUT2D eigenvalue weighted by molar-refractivity contribution is 7.20. The predicted octanol–water partition coefficient (Wildman–Crippen LogP) is 4.41. The van der Waals surface area contributed by atoms with Crippen LogP contribution >= 0.6 is 22.7 Å². The van der Waals surface area contributed by atoms with Crippen LogP contribution in [0.1, 0.15) is 35.9 Å². The Morgan fingerprint density at radius 1 is 1.18 bits per heavy atom. The molecule has 2 saturated heterocycles. The third-order valence-electron chi connectivity index (χ3n) is 7.68. The summed E-state index contributed by atoms with van der Waals surface area (Å²) in [6.07, 6.45) is 2.79. The smallest absolute Gasteiger partial charge is 0.314 e. The van der Waals surface area contributed by atoms with Gasteiger partial charge in [0.05, 0.1) is 5.69 Å². The molecule has 5 heterocycles. The number of likely N-dealkylation sites (tertiary alicyclic amines) is 1. The topological polar surface area (TPSA) is 120 Å². The minimum absolute atomic E-state index is 0.197. The molecule has 0 atom stereocenters. The van der Waals surface area contributed by atoms with Gasteiger partial charge in [-0.2, -0.15) is 9.78 Å². The number of amides is 2. The largest absolute Gasteiger partial charge is 0.351 e. The van der Waals surface area contributed by atoms with E-state index in [9.17, 15) is 10.1 Å². The lowest BCUT2D eigenvalue weighted by Crippen LogP contribution is -2.63. The molecule has 12 heteroatoms. The molecule has 0 radical (unpaired) electrons. The fourth-order valence-corrected chi connectivity index (χ4v) is 7.22. The van der Waals surface area contributed by atoms with E-state index in [1.54, 1.807) is 16.2 Å². The van der Waals surface area contributed by atoms with Gasteiger partial charge in [0, 0.05) is 44.2 Å². The minimum atomic E-state index is -0.323. The number of thiazole rings is 1. The van der Waals surface area contributed by atoms with Crippen molar-refractivity contribution >= 4 is 49.7 Å². The van der Waals surface area contributed by atoms with E-state index in [-0.39, 0.29) is 11.4 Å². The monoisotopic (exact) mass is 547 g/mol. The Labute approximate surface area is 228 Å². The van der Waals surface area contributed by atoms with Crippen LogP contribution in [0.3, 0.4) is 0 Å². The number of imidazole rings is 1. The Morgan fingerprint density at radius 2 is 1.89 bits per heavy atom. The standard InChI is InChI=1S/C26H29N9OS2/c1-4-18-21(32(3)23-30-20(19(13-27)37-23)17-7-5-16(2)6-8-17)35-24(29-18)38-25(31-35)33-11-9-26(10-12-33)14-34(15-26)22(28)36/h5-8H,4,9-12,14-15H2,1-3H3,(H2,28,36). The van der Waals surface area contributed by atoms with Gasteiger partial charge in [-0.3, -0.25) is 0 Å². The molecule has 38 heavy (non-hydrogen) atoms. The van der Waals surface area contributed by atoms with Gasteiger partial charge in [0.2, 0.25) is 10.1 Å². The molecule has 10 nitrogen and oxygen atoms in total. The number of fused-ring (bicyclic) bond motifs is 1. The van der Waals surface area contributed by atoms with Gasteiger partial charge in [-0.05, 0) is 26.2 Å². The third-order valence-corrected chi connectivity index (χ3v) is 9.69. The van der Waals surface area contributed by atoms with Crippen LogP contribution in [0.5, 0.6) is 0 Å². The Kier molecular flexibility index (Phi) is 6.00. The van der Waals surface area contributed by atoms with Crippen LogP contribution in [0.15, 0.2) is 24.3 Å². The van der Waals surface area contributed by atoms with E-state index in [0.717, 1.165) is 83.3 Å². The average molecular weight is 548 g/mol. The molecule has 1 aromatic carbocycles. The maximum atomic E-state index is 11.4. The molecule has 6 rings (SSSR count). The summed E-state index contributed by atoms with van der Waals surface area (Å²) in [5.41, 5.74) is 9.37. The summed E-state index contributed by atoms with van der Waals surface area (Å²) in [4.78, 5) is 28.7. The Bertz CT molecular complexity index is 1550. The van der Waals surface area contributed by atoms with Crippen molar-refractivity contribution in [3.05, 3.63) is 40.4 Å². The Morgan fingerprint density at radius 3 is 2.53 bits per heavy atom. The van der Waals surface area contributed by atoms with Crippen LogP contribution in [0.2, 0.25) is 0 Å². The van der Waals surface area contributed by atoms with Crippen LogP contribution in [0.25, 0.3) is 16.2 Å². The molecular weight excluding hydrogens is 518 g/mol. The fourth-order valence-electron chi connectivity index (χ4n) is 5.40. The van der Waals surface area contributed by atoms with Gasteiger partial charge in [-0.25, -0.2) is 14.8 Å². The van der Waals surface area contributed by atoms with E-state index in [1.165, 1.54) is 11.3 Å². The Hall–Kier alpha value is -3.69. The van der Waals surface area contributed by atoms with Crippen molar-refractivity contribution in [3.8, 4) is 17.3 Å². The van der Waals surface area contributed by atoms with Crippen molar-refractivity contribution in [1.82, 2.24) is 24.5 Å². The summed E-state index contributed by atoms with van der Waals surface area (Å²) < 4.78 is 1.92. The van der Waals surface area contributed by atoms with Gasteiger partial charge in [0.15, 0.2) is 10.9 Å². The van der Waals surface area contributed by atoms with Crippen molar-refractivity contribution in [2.45, 2.75) is 33.1 Å². The number of carbonyl (C=O) groups is 1. The molecule has 2 aliphatic rings. The summed E-state index contributed by atoms with van der Waals surface area (Å²) in [5, 5.41) is 16.5. The van der Waals surface area contributed by atoms with E-state index in [2.05, 4.69) is 17.9 Å². The second kappa shape index (κ2) is 9.25. The first-order chi connectivity index (χ1) is 18.3. The third kappa shape index (κ3) is 4.06. The molecule has 4 aromatic rings. The highest BCUT2D eigenvalue weighted by Crippen LogP contribution is 2.43. The summed E-state index contributed by atoms with van der Waals surface area (Å²) in [6.45, 7) is 7.44. The SMILES string of the molecule is CCc1nc2sc(N3CCC4(CC3)CN(C(N)=O)C4)nn2c1N(C)c1nc(-c2ccc(C)cc2)c(C#N)s1. The van der Waals surface area contributed by atoms with Gasteiger partial charge < -0.3 is 20.4 Å². The number of rotatable bonds is 5. The van der Waals surface area contributed by atoms with Gasteiger partial charge in [0.25, 0.3) is 0 Å². The number of nitriles is 1. The first kappa shape index (κ1) is 24.6. The fraction of sp³-hybridized carbons (Fsp3) is 0.423. The lowest BCUT2D eigenvalue weighted by atomic mass is 9.72. The summed E-state index contributed by atoms with van der Waals surface area (Å²) in [7, 11) is 1.96. The van der Waals surface area contributed by atoms with Crippen molar-refractivity contribution in [2.24, 2.45) is 11.1 Å². The van der Waals surface area contributed by atoms with Crippen LogP contribution < -0.4 is 15.5 Å². The summed E-state index contributed by atoms with van der Waals surface area (Å²) in [5.74, 6) is 0.878. The predicted molar refractivity (Wildman–Crippen MR) is 150 cm³/mol. The van der Waals surface area contributed by atoms with E-state index in [1.807, 2.05) is 47.7 Å². The average Bonchev–Trinajstić information content (AvgIpc) is 3.60. The van der Waals surface area contributed by atoms with Crippen LogP contribution in [-0.2, 0) is 6.42 Å². The molecule has 2 amide bonds. The number of aryl methyl sites for hydroxylation is 2. The number of hydrogen-bond acceptors (Lipinski definition) is 9. The number of hydrogen-bond donors (Lipinski definition) is 1. The lowest BCUT2D eigenvalue weighted by Gasteiger charge is -2.53. The quantitative estimate of drug-likeness (QED) is 0.393. The molecule has 196 valence electrons. The van der Waals surface area contributed by atoms with Crippen molar-refractivity contribution in [1.29, 1.82) is 5.26 Å². The van der Waals surface area contributed by atoms with E-state index in [4.69, 9.17) is 20.8 Å². The highest BCUT2D eigenvalue weighted by atomic mass is 32.1. The molecule has 2 aliphatic heterocycles. The van der Waals surface area contributed by atoms with Crippen molar-refractivity contribution in [2.75, 3.05) is 43.0 Å². The molecule has 0 bridgehead atoms.